The molecule has 5 heteroatoms. The molecular weight excluding hydrogens is 381 g/mol. The van der Waals surface area contributed by atoms with Gasteiger partial charge in [0.2, 0.25) is 0 Å². The van der Waals surface area contributed by atoms with Gasteiger partial charge in [-0.15, -0.1) is 0 Å². The summed E-state index contributed by atoms with van der Waals surface area (Å²) in [6.45, 7) is 2.92. The molecule has 2 bridgehead atoms. The minimum Gasteiger partial charge on any atom is -0.373 e. The van der Waals surface area contributed by atoms with E-state index in [-0.39, 0.29) is 0 Å². The number of hydrogen-bond acceptors (Lipinski definition) is 3. The lowest BCUT2D eigenvalue weighted by Crippen LogP contribution is -2.32. The van der Waals surface area contributed by atoms with E-state index >= 15 is 0 Å². The van der Waals surface area contributed by atoms with Gasteiger partial charge in [-0.3, -0.25) is 0 Å². The van der Waals surface area contributed by atoms with Crippen LogP contribution in [0.3, 0.4) is 0 Å². The van der Waals surface area contributed by atoms with E-state index in [0.29, 0.717) is 40.5 Å². The minimum atomic E-state index is 0.373. The van der Waals surface area contributed by atoms with Crippen LogP contribution >= 0.6 is 23.2 Å². The van der Waals surface area contributed by atoms with Gasteiger partial charge in [0.25, 0.3) is 0 Å². The molecule has 0 N–H and O–H groups in total. The molecule has 0 saturated heterocycles. The summed E-state index contributed by atoms with van der Waals surface area (Å²) in [4.78, 5) is 0. The Morgan fingerprint density at radius 1 is 1.07 bits per heavy atom. The number of benzene rings is 1. The van der Waals surface area contributed by atoms with Gasteiger partial charge in [0, 0.05) is 17.0 Å². The Balaban J connectivity index is 1.44. The number of nitrogens with zero attached hydrogens (tertiary/aromatic N) is 1. The van der Waals surface area contributed by atoms with Crippen LogP contribution in [0.4, 0.5) is 0 Å². The van der Waals surface area contributed by atoms with Gasteiger partial charge >= 0.3 is 0 Å². The summed E-state index contributed by atoms with van der Waals surface area (Å²) >= 11 is 12.9. The molecule has 3 nitrogen and oxygen atoms in total. The lowest BCUT2D eigenvalue weighted by Gasteiger charge is -2.33. The summed E-state index contributed by atoms with van der Waals surface area (Å²) in [5.74, 6) is 3.68. The third-order valence-electron chi connectivity index (χ3n) is 6.63. The second-order valence-corrected chi connectivity index (χ2v) is 9.51. The van der Waals surface area contributed by atoms with Crippen LogP contribution in [-0.2, 0) is 11.3 Å². The molecule has 3 fully saturated rings. The van der Waals surface area contributed by atoms with Gasteiger partial charge in [-0.05, 0) is 68.4 Å². The van der Waals surface area contributed by atoms with Crippen LogP contribution in [0.15, 0.2) is 22.7 Å². The first-order valence-corrected chi connectivity index (χ1v) is 10.9. The van der Waals surface area contributed by atoms with Gasteiger partial charge < -0.3 is 9.26 Å². The molecule has 0 radical (unpaired) electrons. The predicted molar refractivity (Wildman–Crippen MR) is 107 cm³/mol. The Morgan fingerprint density at radius 2 is 1.74 bits per heavy atom. The molecule has 2 aromatic rings. The summed E-state index contributed by atoms with van der Waals surface area (Å²) in [7, 11) is 0. The number of rotatable bonds is 5. The first kappa shape index (κ1) is 18.0. The summed E-state index contributed by atoms with van der Waals surface area (Å²) in [5.41, 5.74) is 2.56. The lowest BCUT2D eigenvalue weighted by atomic mass is 9.80. The van der Waals surface area contributed by atoms with E-state index in [1.807, 2.05) is 18.2 Å². The van der Waals surface area contributed by atoms with Crippen LogP contribution < -0.4 is 0 Å². The average Bonchev–Trinajstić information content (AvgIpc) is 3.34. The van der Waals surface area contributed by atoms with Crippen LogP contribution in [-0.4, -0.2) is 11.3 Å². The van der Waals surface area contributed by atoms with Gasteiger partial charge in [0.1, 0.15) is 11.5 Å². The van der Waals surface area contributed by atoms with Crippen molar-refractivity contribution >= 4 is 23.2 Å². The van der Waals surface area contributed by atoms with Gasteiger partial charge in [-0.25, -0.2) is 0 Å². The van der Waals surface area contributed by atoms with Crippen LogP contribution in [0.25, 0.3) is 11.3 Å². The van der Waals surface area contributed by atoms with Crippen molar-refractivity contribution in [1.82, 2.24) is 5.16 Å². The quantitative estimate of drug-likeness (QED) is 0.544. The smallest absolute Gasteiger partial charge is 0.145 e. The van der Waals surface area contributed by atoms with Crippen molar-refractivity contribution in [3.8, 4) is 11.3 Å². The average molecular weight is 406 g/mol. The molecule has 2 unspecified atom stereocenters. The molecule has 3 saturated carbocycles. The second kappa shape index (κ2) is 7.09. The Kier molecular flexibility index (Phi) is 4.74. The van der Waals surface area contributed by atoms with Crippen molar-refractivity contribution in [2.24, 2.45) is 17.8 Å². The molecule has 1 heterocycles. The third kappa shape index (κ3) is 3.32. The van der Waals surface area contributed by atoms with Gasteiger partial charge in [0.15, 0.2) is 0 Å². The molecular formula is C22H25Cl2NO2. The molecule has 1 aromatic carbocycles. The predicted octanol–water partition coefficient (Wildman–Crippen LogP) is 6.87. The van der Waals surface area contributed by atoms with Crippen LogP contribution in [0.1, 0.15) is 62.7 Å². The first-order chi connectivity index (χ1) is 13.1. The lowest BCUT2D eigenvalue weighted by molar-refractivity contribution is -0.0393. The zero-order chi connectivity index (χ0) is 18.5. The number of halogens is 2. The van der Waals surface area contributed by atoms with Gasteiger partial charge in [-0.1, -0.05) is 41.3 Å². The van der Waals surface area contributed by atoms with E-state index in [2.05, 4.69) is 12.1 Å². The molecule has 5 rings (SSSR count). The highest BCUT2D eigenvalue weighted by Gasteiger charge is 2.43. The molecule has 27 heavy (non-hydrogen) atoms. The second-order valence-electron chi connectivity index (χ2n) is 8.69. The summed E-state index contributed by atoms with van der Waals surface area (Å²) in [6, 6.07) is 5.55. The van der Waals surface area contributed by atoms with E-state index in [9.17, 15) is 0 Å². The Labute approximate surface area is 170 Å². The fraction of sp³-hybridized carbons (Fsp3) is 0.591. The molecule has 0 aliphatic heterocycles. The summed E-state index contributed by atoms with van der Waals surface area (Å²) in [6.07, 6.45) is 7.89. The maximum atomic E-state index is 6.54. The van der Waals surface area contributed by atoms with Crippen molar-refractivity contribution in [3.05, 3.63) is 39.6 Å². The zero-order valence-corrected chi connectivity index (χ0v) is 17.1. The van der Waals surface area contributed by atoms with Crippen LogP contribution in [0, 0.1) is 17.8 Å². The van der Waals surface area contributed by atoms with E-state index in [1.54, 1.807) is 0 Å². The Bertz CT molecular complexity index is 811. The number of aromatic nitrogens is 1. The third-order valence-corrected chi connectivity index (χ3v) is 7.26. The van der Waals surface area contributed by atoms with Crippen molar-refractivity contribution in [2.45, 2.75) is 64.1 Å². The van der Waals surface area contributed by atoms with Crippen molar-refractivity contribution in [3.63, 3.8) is 0 Å². The van der Waals surface area contributed by atoms with Gasteiger partial charge in [0.05, 0.1) is 22.8 Å². The SMILES string of the molecule is CC1C[C@H]2CC[C@@H](C1)C2OCc1c(-c2c(Cl)cccc2Cl)noc1C1CC1. The topological polar surface area (TPSA) is 35.3 Å². The minimum absolute atomic E-state index is 0.373. The van der Waals surface area contributed by atoms with Crippen molar-refractivity contribution < 1.29 is 9.26 Å². The first-order valence-electron chi connectivity index (χ1n) is 10.2. The molecule has 4 atom stereocenters. The van der Waals surface area contributed by atoms with E-state index in [4.69, 9.17) is 32.5 Å². The van der Waals surface area contributed by atoms with E-state index in [1.165, 1.54) is 25.7 Å². The normalized spacial score (nSPS) is 30.0. The maximum absolute atomic E-state index is 6.54. The van der Waals surface area contributed by atoms with Crippen LogP contribution in [0.2, 0.25) is 10.0 Å². The fourth-order valence-corrected chi connectivity index (χ4v) is 5.85. The van der Waals surface area contributed by atoms with Crippen molar-refractivity contribution in [1.29, 1.82) is 0 Å². The summed E-state index contributed by atoms with van der Waals surface area (Å²) < 4.78 is 12.3. The number of fused-ring (bicyclic) bond motifs is 2. The summed E-state index contributed by atoms with van der Waals surface area (Å²) in [5, 5.41) is 5.58. The Morgan fingerprint density at radius 3 is 2.37 bits per heavy atom. The highest BCUT2D eigenvalue weighted by molar-refractivity contribution is 6.39. The molecule has 0 spiro atoms. The molecule has 0 amide bonds. The fourth-order valence-electron chi connectivity index (χ4n) is 5.28. The highest BCUT2D eigenvalue weighted by atomic mass is 35.5. The molecule has 3 aliphatic rings. The number of ether oxygens (including phenoxy) is 1. The highest BCUT2D eigenvalue weighted by Crippen LogP contribution is 2.49. The van der Waals surface area contributed by atoms with E-state index in [0.717, 1.165) is 41.3 Å². The molecule has 3 aliphatic carbocycles. The molecule has 1 aromatic heterocycles. The van der Waals surface area contributed by atoms with E-state index < -0.39 is 0 Å². The number of hydrogen-bond donors (Lipinski definition) is 0. The largest absolute Gasteiger partial charge is 0.373 e. The standard InChI is InChI=1S/C22H25Cl2NO2/c1-12-9-14-7-8-15(10-12)21(14)26-11-16-20(25-27-22(16)13-5-6-13)19-17(23)3-2-4-18(19)24/h2-4,12-15,21H,5-11H2,1H3/t12?,14-,15+,21?. The Hall–Kier alpha value is -1.03. The monoisotopic (exact) mass is 405 g/mol. The van der Waals surface area contributed by atoms with Gasteiger partial charge in [-0.2, -0.15) is 0 Å². The maximum Gasteiger partial charge on any atom is 0.145 e. The van der Waals surface area contributed by atoms with Crippen LogP contribution in [0.5, 0.6) is 0 Å². The van der Waals surface area contributed by atoms with Crippen molar-refractivity contribution in [2.75, 3.05) is 0 Å². The zero-order valence-electron chi connectivity index (χ0n) is 15.6. The molecule has 144 valence electrons.